The number of piperazine rings is 1. The zero-order valence-corrected chi connectivity index (χ0v) is 12.0. The van der Waals surface area contributed by atoms with Crippen molar-refractivity contribution in [2.75, 3.05) is 13.1 Å². The third kappa shape index (κ3) is 3.60. The van der Waals surface area contributed by atoms with E-state index >= 15 is 0 Å². The van der Waals surface area contributed by atoms with Gasteiger partial charge in [-0.3, -0.25) is 4.90 Å². The topological polar surface area (TPSA) is 15.3 Å². The summed E-state index contributed by atoms with van der Waals surface area (Å²) in [7, 11) is 0. The maximum absolute atomic E-state index is 5.92. The number of halogens is 2. The van der Waals surface area contributed by atoms with E-state index in [2.05, 4.69) is 30.1 Å². The second-order valence-electron chi connectivity index (χ2n) is 4.32. The van der Waals surface area contributed by atoms with E-state index in [1.54, 1.807) is 11.3 Å². The van der Waals surface area contributed by atoms with Crippen molar-refractivity contribution in [2.24, 2.45) is 0 Å². The summed E-state index contributed by atoms with van der Waals surface area (Å²) in [6.45, 7) is 7.75. The number of rotatable bonds is 2. The minimum absolute atomic E-state index is 0. The van der Waals surface area contributed by atoms with Crippen LogP contribution in [0.1, 0.15) is 18.7 Å². The molecule has 2 unspecified atom stereocenters. The van der Waals surface area contributed by atoms with E-state index in [0.29, 0.717) is 12.1 Å². The number of hydrogen-bond acceptors (Lipinski definition) is 3. The molecule has 0 aromatic carbocycles. The molecule has 1 aliphatic rings. The Morgan fingerprint density at radius 3 is 2.94 bits per heavy atom. The lowest BCUT2D eigenvalue weighted by Gasteiger charge is -2.37. The van der Waals surface area contributed by atoms with Crippen molar-refractivity contribution in [2.45, 2.75) is 32.5 Å². The van der Waals surface area contributed by atoms with Crippen LogP contribution in [0.3, 0.4) is 0 Å². The maximum Gasteiger partial charge on any atom is 0.0516 e. The molecule has 2 atom stereocenters. The molecule has 1 N–H and O–H groups in total. The third-order valence-electron chi connectivity index (χ3n) is 2.87. The largest absolute Gasteiger partial charge is 0.311 e. The van der Waals surface area contributed by atoms with Crippen molar-refractivity contribution in [1.82, 2.24) is 10.2 Å². The Morgan fingerprint density at radius 2 is 2.31 bits per heavy atom. The molecule has 1 saturated heterocycles. The van der Waals surface area contributed by atoms with Crippen LogP contribution in [0.4, 0.5) is 0 Å². The van der Waals surface area contributed by atoms with Gasteiger partial charge in [0.1, 0.15) is 0 Å². The monoisotopic (exact) mass is 280 g/mol. The van der Waals surface area contributed by atoms with Gasteiger partial charge in [-0.15, -0.1) is 23.7 Å². The first-order valence-electron chi connectivity index (χ1n) is 5.35. The average molecular weight is 281 g/mol. The molecule has 0 amide bonds. The highest BCUT2D eigenvalue weighted by Gasteiger charge is 2.22. The van der Waals surface area contributed by atoms with Crippen molar-refractivity contribution in [3.63, 3.8) is 0 Å². The molecule has 1 fully saturated rings. The molecule has 16 heavy (non-hydrogen) atoms. The van der Waals surface area contributed by atoms with Crippen molar-refractivity contribution in [3.05, 3.63) is 21.3 Å². The molecule has 5 heteroatoms. The Bertz CT molecular complexity index is 330. The van der Waals surface area contributed by atoms with Crippen LogP contribution >= 0.6 is 35.3 Å². The van der Waals surface area contributed by atoms with Crippen molar-refractivity contribution >= 4 is 35.3 Å². The van der Waals surface area contributed by atoms with Gasteiger partial charge in [-0.25, -0.2) is 0 Å². The van der Waals surface area contributed by atoms with E-state index in [-0.39, 0.29) is 12.4 Å². The van der Waals surface area contributed by atoms with Crippen molar-refractivity contribution < 1.29 is 0 Å². The Hall–Kier alpha value is 0.200. The fraction of sp³-hybridized carbons (Fsp3) is 0.636. The van der Waals surface area contributed by atoms with Gasteiger partial charge in [0.2, 0.25) is 0 Å². The van der Waals surface area contributed by atoms with Crippen LogP contribution in [0.2, 0.25) is 5.02 Å². The molecule has 0 spiro atoms. The minimum Gasteiger partial charge on any atom is -0.311 e. The highest BCUT2D eigenvalue weighted by Crippen LogP contribution is 2.22. The second kappa shape index (κ2) is 6.22. The average Bonchev–Trinajstić information content (AvgIpc) is 2.58. The van der Waals surface area contributed by atoms with E-state index in [0.717, 1.165) is 24.7 Å². The van der Waals surface area contributed by atoms with Crippen LogP contribution in [0.15, 0.2) is 11.4 Å². The van der Waals surface area contributed by atoms with Crippen LogP contribution in [-0.2, 0) is 6.54 Å². The van der Waals surface area contributed by atoms with E-state index < -0.39 is 0 Å². The number of nitrogens with zero attached hydrogens (tertiary/aromatic N) is 1. The number of thiophene rings is 1. The van der Waals surface area contributed by atoms with Crippen LogP contribution in [0.25, 0.3) is 0 Å². The van der Waals surface area contributed by atoms with Gasteiger partial charge >= 0.3 is 0 Å². The first-order valence-corrected chi connectivity index (χ1v) is 6.61. The van der Waals surface area contributed by atoms with Crippen LogP contribution in [-0.4, -0.2) is 30.1 Å². The molecule has 0 aliphatic carbocycles. The Morgan fingerprint density at radius 1 is 1.56 bits per heavy atom. The van der Waals surface area contributed by atoms with Crippen molar-refractivity contribution in [1.29, 1.82) is 0 Å². The Balaban J connectivity index is 0.00000128. The second-order valence-corrected chi connectivity index (χ2v) is 5.75. The third-order valence-corrected chi connectivity index (χ3v) is 4.14. The molecule has 92 valence electrons. The van der Waals surface area contributed by atoms with E-state index in [1.165, 1.54) is 4.88 Å². The van der Waals surface area contributed by atoms with E-state index in [4.69, 9.17) is 11.6 Å². The lowest BCUT2D eigenvalue weighted by molar-refractivity contribution is 0.140. The normalized spacial score (nSPS) is 26.4. The van der Waals surface area contributed by atoms with Crippen molar-refractivity contribution in [3.8, 4) is 0 Å². The maximum atomic E-state index is 5.92. The van der Waals surface area contributed by atoms with Crippen LogP contribution in [0.5, 0.6) is 0 Å². The van der Waals surface area contributed by atoms with Gasteiger partial charge in [-0.1, -0.05) is 11.6 Å². The summed E-state index contributed by atoms with van der Waals surface area (Å²) in [5.41, 5.74) is 0. The fourth-order valence-electron chi connectivity index (χ4n) is 1.95. The summed E-state index contributed by atoms with van der Waals surface area (Å²) in [4.78, 5) is 3.88. The van der Waals surface area contributed by atoms with E-state index in [1.807, 2.05) is 5.38 Å². The summed E-state index contributed by atoms with van der Waals surface area (Å²) in [5, 5.41) is 6.36. The predicted octanol–water partition coefficient (Wildman–Crippen LogP) is 3.01. The summed E-state index contributed by atoms with van der Waals surface area (Å²) < 4.78 is 0. The lowest BCUT2D eigenvalue weighted by atomic mass is 10.1. The zero-order valence-electron chi connectivity index (χ0n) is 9.57. The van der Waals surface area contributed by atoms with E-state index in [9.17, 15) is 0 Å². The predicted molar refractivity (Wildman–Crippen MR) is 73.9 cm³/mol. The summed E-state index contributed by atoms with van der Waals surface area (Å²) in [5.74, 6) is 0. The first kappa shape index (κ1) is 14.3. The molecule has 0 saturated carbocycles. The number of hydrogen-bond donors (Lipinski definition) is 1. The van der Waals surface area contributed by atoms with Gasteiger partial charge in [-0.2, -0.15) is 0 Å². The van der Waals surface area contributed by atoms with Gasteiger partial charge in [0, 0.05) is 42.0 Å². The smallest absolute Gasteiger partial charge is 0.0516 e. The fourth-order valence-corrected chi connectivity index (χ4v) is 3.05. The standard InChI is InChI=1S/C11H17ClN2S.ClH/c1-8-5-14(9(2)4-13-8)6-11-3-10(12)7-15-11;/h3,7-9,13H,4-6H2,1-2H3;1H. The molecule has 0 radical (unpaired) electrons. The summed E-state index contributed by atoms with van der Waals surface area (Å²) in [6.07, 6.45) is 0. The summed E-state index contributed by atoms with van der Waals surface area (Å²) in [6, 6.07) is 3.28. The van der Waals surface area contributed by atoms with Crippen LogP contribution in [0, 0.1) is 0 Å². The zero-order chi connectivity index (χ0) is 10.8. The van der Waals surface area contributed by atoms with Gasteiger partial charge in [0.05, 0.1) is 5.02 Å². The molecule has 1 aliphatic heterocycles. The van der Waals surface area contributed by atoms with Crippen LogP contribution < -0.4 is 5.32 Å². The summed E-state index contributed by atoms with van der Waals surface area (Å²) >= 11 is 7.68. The Labute approximate surface area is 112 Å². The Kier molecular flexibility index (Phi) is 5.54. The van der Waals surface area contributed by atoms with Gasteiger partial charge in [0.15, 0.2) is 0 Å². The number of nitrogens with one attached hydrogen (secondary N) is 1. The molecule has 2 nitrogen and oxygen atoms in total. The highest BCUT2D eigenvalue weighted by atomic mass is 35.5. The van der Waals surface area contributed by atoms with Gasteiger partial charge < -0.3 is 5.32 Å². The molecular weight excluding hydrogens is 263 g/mol. The SMILES string of the molecule is CC1CN(Cc2cc(Cl)cs2)C(C)CN1.Cl. The van der Waals surface area contributed by atoms with Gasteiger partial charge in [0.25, 0.3) is 0 Å². The highest BCUT2D eigenvalue weighted by molar-refractivity contribution is 7.10. The molecule has 1 aromatic rings. The molecule has 2 heterocycles. The first-order chi connectivity index (χ1) is 7.15. The quantitative estimate of drug-likeness (QED) is 0.896. The lowest BCUT2D eigenvalue weighted by Crippen LogP contribution is -2.53. The molecule has 0 bridgehead atoms. The molecule has 2 rings (SSSR count). The van der Waals surface area contributed by atoms with Gasteiger partial charge in [-0.05, 0) is 19.9 Å². The molecular formula is C11H18Cl2N2S. The molecule has 1 aromatic heterocycles. The minimum atomic E-state index is 0.